The van der Waals surface area contributed by atoms with Gasteiger partial charge in [0.05, 0.1) is 0 Å². The summed E-state index contributed by atoms with van der Waals surface area (Å²) in [5.74, 6) is 0.455. The van der Waals surface area contributed by atoms with Crippen molar-refractivity contribution in [1.29, 1.82) is 0 Å². The van der Waals surface area contributed by atoms with Crippen LogP contribution in [0.5, 0.6) is 5.75 Å². The molecule has 1 aromatic rings. The van der Waals surface area contributed by atoms with Gasteiger partial charge in [-0.25, -0.2) is 0 Å². The summed E-state index contributed by atoms with van der Waals surface area (Å²) < 4.78 is 0.263. The predicted octanol–water partition coefficient (Wildman–Crippen LogP) is 3.11. The van der Waals surface area contributed by atoms with Crippen LogP contribution in [-0.2, 0) is 6.42 Å². The largest absolute Gasteiger partial charge is 0.508 e. The van der Waals surface area contributed by atoms with E-state index in [4.69, 9.17) is 0 Å². The number of rotatable bonds is 4. The van der Waals surface area contributed by atoms with Crippen LogP contribution in [0, 0.1) is 0 Å². The quantitative estimate of drug-likeness (QED) is 0.862. The molecule has 94 valence electrons. The predicted molar refractivity (Wildman–Crippen MR) is 74.8 cm³/mol. The molecule has 0 aliphatic heterocycles. The summed E-state index contributed by atoms with van der Waals surface area (Å²) in [6.45, 7) is 5.50. The molecule has 0 bridgehead atoms. The number of hydrogen-bond acceptors (Lipinski definition) is 3. The maximum atomic E-state index is 9.79. The smallest absolute Gasteiger partial charge is 0.119 e. The third kappa shape index (κ3) is 2.78. The third-order valence-electron chi connectivity index (χ3n) is 3.57. The van der Waals surface area contributed by atoms with Crippen molar-refractivity contribution < 1.29 is 5.11 Å². The van der Waals surface area contributed by atoms with Crippen LogP contribution in [-0.4, -0.2) is 22.7 Å². The van der Waals surface area contributed by atoms with Crippen molar-refractivity contribution >= 4 is 11.8 Å². The standard InChI is InChI=1S/C14H21NOS/c1-14(2,17-3)9-15-12-8-7-11-10(12)5-4-6-13(11)16/h4-6,12,15-16H,7-9H2,1-3H3. The van der Waals surface area contributed by atoms with Crippen molar-refractivity contribution in [2.45, 2.75) is 37.5 Å². The van der Waals surface area contributed by atoms with Crippen molar-refractivity contribution in [3.05, 3.63) is 29.3 Å². The molecule has 17 heavy (non-hydrogen) atoms. The molecule has 1 aromatic carbocycles. The highest BCUT2D eigenvalue weighted by Crippen LogP contribution is 2.36. The van der Waals surface area contributed by atoms with E-state index in [1.165, 1.54) is 5.56 Å². The number of phenols is 1. The Labute approximate surface area is 108 Å². The van der Waals surface area contributed by atoms with Gasteiger partial charge in [-0.15, -0.1) is 0 Å². The second-order valence-electron chi connectivity index (χ2n) is 5.28. The SMILES string of the molecule is CSC(C)(C)CNC1CCc2c(O)cccc21. The molecule has 0 heterocycles. The normalized spacial score (nSPS) is 19.4. The minimum Gasteiger partial charge on any atom is -0.508 e. The Balaban J connectivity index is 2.05. The molecule has 1 unspecified atom stereocenters. The Kier molecular flexibility index (Phi) is 3.69. The average Bonchev–Trinajstić information content (AvgIpc) is 2.71. The topological polar surface area (TPSA) is 32.3 Å². The summed E-state index contributed by atoms with van der Waals surface area (Å²) in [7, 11) is 0. The summed E-state index contributed by atoms with van der Waals surface area (Å²) in [5.41, 5.74) is 2.41. The second-order valence-corrected chi connectivity index (χ2v) is 6.79. The van der Waals surface area contributed by atoms with Gasteiger partial charge in [0.25, 0.3) is 0 Å². The van der Waals surface area contributed by atoms with Crippen LogP contribution in [0.3, 0.4) is 0 Å². The Bertz CT molecular complexity index is 403. The Morgan fingerprint density at radius 2 is 2.24 bits per heavy atom. The summed E-state index contributed by atoms with van der Waals surface area (Å²) in [5, 5.41) is 13.4. The van der Waals surface area contributed by atoms with Gasteiger partial charge in [-0.2, -0.15) is 11.8 Å². The first-order valence-electron chi connectivity index (χ1n) is 6.13. The lowest BCUT2D eigenvalue weighted by Gasteiger charge is -2.25. The van der Waals surface area contributed by atoms with Gasteiger partial charge >= 0.3 is 0 Å². The van der Waals surface area contributed by atoms with Crippen LogP contribution in [0.15, 0.2) is 18.2 Å². The molecule has 0 saturated carbocycles. The van der Waals surface area contributed by atoms with Crippen LogP contribution < -0.4 is 5.32 Å². The molecule has 1 aliphatic rings. The van der Waals surface area contributed by atoms with E-state index in [9.17, 15) is 5.11 Å². The first-order valence-corrected chi connectivity index (χ1v) is 7.35. The number of thioether (sulfide) groups is 1. The molecular weight excluding hydrogens is 230 g/mol. The molecule has 1 atom stereocenters. The third-order valence-corrected chi connectivity index (χ3v) is 4.82. The molecule has 0 aromatic heterocycles. The Morgan fingerprint density at radius 3 is 2.94 bits per heavy atom. The molecule has 0 radical (unpaired) electrons. The zero-order valence-electron chi connectivity index (χ0n) is 10.8. The zero-order chi connectivity index (χ0) is 12.5. The highest BCUT2D eigenvalue weighted by molar-refractivity contribution is 7.99. The van der Waals surface area contributed by atoms with Crippen LogP contribution in [0.4, 0.5) is 0 Å². The number of hydrogen-bond donors (Lipinski definition) is 2. The van der Waals surface area contributed by atoms with E-state index in [1.54, 1.807) is 6.07 Å². The van der Waals surface area contributed by atoms with Gasteiger partial charge in [0.2, 0.25) is 0 Å². The van der Waals surface area contributed by atoms with E-state index < -0.39 is 0 Å². The average molecular weight is 251 g/mol. The van der Waals surface area contributed by atoms with Gasteiger partial charge in [-0.05, 0) is 50.1 Å². The summed E-state index contributed by atoms with van der Waals surface area (Å²) in [6.07, 6.45) is 4.23. The van der Waals surface area contributed by atoms with Crippen LogP contribution in [0.25, 0.3) is 0 Å². The molecule has 2 nitrogen and oxygen atoms in total. The maximum absolute atomic E-state index is 9.79. The summed E-state index contributed by atoms with van der Waals surface area (Å²) in [4.78, 5) is 0. The first-order chi connectivity index (χ1) is 8.03. The highest BCUT2D eigenvalue weighted by Gasteiger charge is 2.26. The maximum Gasteiger partial charge on any atom is 0.119 e. The molecule has 3 heteroatoms. The molecule has 1 aliphatic carbocycles. The second kappa shape index (κ2) is 4.91. The molecule has 0 amide bonds. The van der Waals surface area contributed by atoms with Crippen molar-refractivity contribution in [2.24, 2.45) is 0 Å². The summed E-state index contributed by atoms with van der Waals surface area (Å²) in [6, 6.07) is 6.26. The highest BCUT2D eigenvalue weighted by atomic mass is 32.2. The first kappa shape index (κ1) is 12.8. The van der Waals surface area contributed by atoms with E-state index in [0.717, 1.165) is 24.9 Å². The Hall–Kier alpha value is -0.670. The van der Waals surface area contributed by atoms with E-state index in [2.05, 4.69) is 31.5 Å². The van der Waals surface area contributed by atoms with Gasteiger partial charge in [0.1, 0.15) is 5.75 Å². The lowest BCUT2D eigenvalue weighted by atomic mass is 10.1. The van der Waals surface area contributed by atoms with E-state index in [0.29, 0.717) is 11.8 Å². The molecule has 0 fully saturated rings. The van der Waals surface area contributed by atoms with Crippen molar-refractivity contribution in [3.63, 3.8) is 0 Å². The summed E-state index contributed by atoms with van der Waals surface area (Å²) >= 11 is 1.88. The number of fused-ring (bicyclic) bond motifs is 1. The van der Waals surface area contributed by atoms with Crippen molar-refractivity contribution in [2.75, 3.05) is 12.8 Å². The number of benzene rings is 1. The van der Waals surface area contributed by atoms with Gasteiger partial charge < -0.3 is 10.4 Å². The lowest BCUT2D eigenvalue weighted by molar-refractivity contribution is 0.469. The molecule has 2 rings (SSSR count). The minimum absolute atomic E-state index is 0.263. The van der Waals surface area contributed by atoms with Crippen molar-refractivity contribution in [1.82, 2.24) is 5.32 Å². The van der Waals surface area contributed by atoms with Crippen LogP contribution in [0.1, 0.15) is 37.4 Å². The van der Waals surface area contributed by atoms with E-state index in [1.807, 2.05) is 17.8 Å². The molecule has 0 saturated heterocycles. The number of aromatic hydroxyl groups is 1. The van der Waals surface area contributed by atoms with Crippen LogP contribution >= 0.6 is 11.8 Å². The van der Waals surface area contributed by atoms with Gasteiger partial charge in [0.15, 0.2) is 0 Å². The minimum atomic E-state index is 0.263. The van der Waals surface area contributed by atoms with E-state index >= 15 is 0 Å². The van der Waals surface area contributed by atoms with E-state index in [-0.39, 0.29) is 4.75 Å². The van der Waals surface area contributed by atoms with Gasteiger partial charge in [-0.3, -0.25) is 0 Å². The number of phenolic OH excluding ortho intramolecular Hbond substituents is 1. The molecular formula is C14H21NOS. The fourth-order valence-corrected chi connectivity index (χ4v) is 2.52. The fourth-order valence-electron chi connectivity index (χ4n) is 2.29. The zero-order valence-corrected chi connectivity index (χ0v) is 11.6. The molecule has 2 N–H and O–H groups in total. The van der Waals surface area contributed by atoms with Gasteiger partial charge in [-0.1, -0.05) is 12.1 Å². The van der Waals surface area contributed by atoms with Crippen LogP contribution in [0.2, 0.25) is 0 Å². The lowest BCUT2D eigenvalue weighted by Crippen LogP contribution is -2.33. The monoisotopic (exact) mass is 251 g/mol. The van der Waals surface area contributed by atoms with Crippen molar-refractivity contribution in [3.8, 4) is 5.75 Å². The fraction of sp³-hybridized carbons (Fsp3) is 0.571. The van der Waals surface area contributed by atoms with Gasteiger partial charge in [0, 0.05) is 17.3 Å². The Morgan fingerprint density at radius 1 is 1.47 bits per heavy atom. The molecule has 0 spiro atoms. The number of nitrogens with one attached hydrogen (secondary N) is 1.